The van der Waals surface area contributed by atoms with E-state index in [1.807, 2.05) is 0 Å². The molecule has 0 amide bonds. The minimum atomic E-state index is -1.11. The molecule has 0 radical (unpaired) electrons. The van der Waals surface area contributed by atoms with E-state index in [9.17, 15) is 9.59 Å². The first-order valence-electron chi connectivity index (χ1n) is 5.79. The van der Waals surface area contributed by atoms with Crippen molar-refractivity contribution in [1.29, 1.82) is 0 Å². The van der Waals surface area contributed by atoms with Crippen LogP contribution in [-0.2, 0) is 14.3 Å². The maximum atomic E-state index is 11.3. The fraction of sp³-hybridized carbons (Fsp3) is 0.538. The van der Waals surface area contributed by atoms with Crippen LogP contribution in [-0.4, -0.2) is 29.5 Å². The largest absolute Gasteiger partial charge is 0.501 e. The fourth-order valence-corrected chi connectivity index (χ4v) is 1.16. The number of rotatable bonds is 10. The van der Waals surface area contributed by atoms with Crippen molar-refractivity contribution >= 4 is 11.8 Å². The first kappa shape index (κ1) is 16.2. The minimum Gasteiger partial charge on any atom is -0.501 e. The van der Waals surface area contributed by atoms with Gasteiger partial charge >= 0.3 is 5.97 Å². The van der Waals surface area contributed by atoms with Gasteiger partial charge < -0.3 is 15.6 Å². The van der Waals surface area contributed by atoms with Crippen LogP contribution in [0.15, 0.2) is 12.3 Å². The number of hydrogen-bond acceptors (Lipinski definition) is 4. The topological polar surface area (TPSA) is 89.6 Å². The van der Waals surface area contributed by atoms with E-state index >= 15 is 0 Å². The molecule has 5 heteroatoms. The SMILES string of the molecule is C#CCCCC(=O)CCCO/C=C/C(N)C(=O)O. The first-order chi connectivity index (χ1) is 8.57. The van der Waals surface area contributed by atoms with Crippen LogP contribution in [0.25, 0.3) is 0 Å². The zero-order valence-corrected chi connectivity index (χ0v) is 10.3. The molecule has 100 valence electrons. The Morgan fingerprint density at radius 1 is 1.39 bits per heavy atom. The number of nitrogens with two attached hydrogens (primary N) is 1. The van der Waals surface area contributed by atoms with E-state index in [4.69, 9.17) is 22.0 Å². The number of carbonyl (C=O) groups excluding carboxylic acids is 1. The molecule has 0 saturated heterocycles. The van der Waals surface area contributed by atoms with E-state index in [1.54, 1.807) is 0 Å². The van der Waals surface area contributed by atoms with Gasteiger partial charge in [-0.25, -0.2) is 0 Å². The number of terminal acetylenes is 1. The van der Waals surface area contributed by atoms with Crippen LogP contribution in [0.1, 0.15) is 32.1 Å². The lowest BCUT2D eigenvalue weighted by Crippen LogP contribution is -2.27. The van der Waals surface area contributed by atoms with Gasteiger partial charge in [-0.3, -0.25) is 9.59 Å². The van der Waals surface area contributed by atoms with Crippen molar-refractivity contribution in [1.82, 2.24) is 0 Å². The number of unbranched alkanes of at least 4 members (excludes halogenated alkanes) is 1. The predicted molar refractivity (Wildman–Crippen MR) is 67.6 cm³/mol. The van der Waals surface area contributed by atoms with Gasteiger partial charge in [0, 0.05) is 19.3 Å². The molecule has 0 heterocycles. The third kappa shape index (κ3) is 9.43. The highest BCUT2D eigenvalue weighted by Crippen LogP contribution is 2.01. The lowest BCUT2D eigenvalue weighted by molar-refractivity contribution is -0.137. The molecule has 3 N–H and O–H groups in total. The van der Waals surface area contributed by atoms with Crippen molar-refractivity contribution in [2.45, 2.75) is 38.1 Å². The lowest BCUT2D eigenvalue weighted by Gasteiger charge is -2.02. The molecule has 0 aromatic carbocycles. The lowest BCUT2D eigenvalue weighted by atomic mass is 10.1. The number of ketones is 1. The predicted octanol–water partition coefficient (Wildman–Crippen LogP) is 1.08. The summed E-state index contributed by atoms with van der Waals surface area (Å²) in [4.78, 5) is 21.7. The molecule has 5 nitrogen and oxygen atoms in total. The van der Waals surface area contributed by atoms with Crippen LogP contribution in [0.5, 0.6) is 0 Å². The summed E-state index contributed by atoms with van der Waals surface area (Å²) < 4.78 is 5.02. The number of hydrogen-bond donors (Lipinski definition) is 2. The number of Topliss-reactive ketones (excluding diaryl/α,β-unsaturated/α-hetero) is 1. The van der Waals surface area contributed by atoms with Crippen molar-refractivity contribution in [3.05, 3.63) is 12.3 Å². The summed E-state index contributed by atoms with van der Waals surface area (Å²) in [6.45, 7) is 0.365. The molecular weight excluding hydrogens is 234 g/mol. The zero-order valence-electron chi connectivity index (χ0n) is 10.3. The van der Waals surface area contributed by atoms with Crippen molar-refractivity contribution in [3.63, 3.8) is 0 Å². The summed E-state index contributed by atoms with van der Waals surface area (Å²) in [7, 11) is 0. The van der Waals surface area contributed by atoms with E-state index in [0.717, 1.165) is 6.42 Å². The molecule has 0 spiro atoms. The third-order valence-electron chi connectivity index (χ3n) is 2.16. The van der Waals surface area contributed by atoms with Gasteiger partial charge in [0.25, 0.3) is 0 Å². The van der Waals surface area contributed by atoms with Gasteiger partial charge in [0.15, 0.2) is 0 Å². The molecule has 1 atom stereocenters. The summed E-state index contributed by atoms with van der Waals surface area (Å²) in [5, 5.41) is 8.47. The fourth-order valence-electron chi connectivity index (χ4n) is 1.16. The van der Waals surface area contributed by atoms with Crippen LogP contribution < -0.4 is 5.73 Å². The Hall–Kier alpha value is -1.80. The molecule has 0 rings (SSSR count). The van der Waals surface area contributed by atoms with Gasteiger partial charge in [-0.15, -0.1) is 12.3 Å². The van der Waals surface area contributed by atoms with Crippen LogP contribution in [0, 0.1) is 12.3 Å². The molecule has 0 aromatic rings. The average molecular weight is 253 g/mol. The first-order valence-corrected chi connectivity index (χ1v) is 5.79. The van der Waals surface area contributed by atoms with E-state index in [1.165, 1.54) is 12.3 Å². The van der Waals surface area contributed by atoms with Crippen LogP contribution in [0.4, 0.5) is 0 Å². The maximum absolute atomic E-state index is 11.3. The smallest absolute Gasteiger partial charge is 0.324 e. The van der Waals surface area contributed by atoms with E-state index in [-0.39, 0.29) is 5.78 Å². The monoisotopic (exact) mass is 253 g/mol. The second kappa shape index (κ2) is 10.4. The second-order valence-electron chi connectivity index (χ2n) is 3.76. The van der Waals surface area contributed by atoms with Crippen molar-refractivity contribution in [2.75, 3.05) is 6.61 Å². The van der Waals surface area contributed by atoms with Crippen LogP contribution in [0.2, 0.25) is 0 Å². The van der Waals surface area contributed by atoms with Gasteiger partial charge in [-0.1, -0.05) is 0 Å². The van der Waals surface area contributed by atoms with Gasteiger partial charge in [0.05, 0.1) is 12.9 Å². The summed E-state index contributed by atoms with van der Waals surface area (Å²) in [6.07, 6.45) is 10.5. The molecule has 1 unspecified atom stereocenters. The van der Waals surface area contributed by atoms with Crippen LogP contribution >= 0.6 is 0 Å². The molecule has 0 saturated carbocycles. The Morgan fingerprint density at radius 2 is 2.06 bits per heavy atom. The Balaban J connectivity index is 3.48. The molecule has 0 fully saturated rings. The summed E-state index contributed by atoms with van der Waals surface area (Å²) in [5.41, 5.74) is 5.21. The quantitative estimate of drug-likeness (QED) is 0.345. The van der Waals surface area contributed by atoms with Crippen molar-refractivity contribution in [3.8, 4) is 12.3 Å². The van der Waals surface area contributed by atoms with Crippen molar-refractivity contribution < 1.29 is 19.4 Å². The Morgan fingerprint density at radius 3 is 2.67 bits per heavy atom. The summed E-state index contributed by atoms with van der Waals surface area (Å²) >= 11 is 0. The Bertz CT molecular complexity index is 330. The third-order valence-corrected chi connectivity index (χ3v) is 2.16. The van der Waals surface area contributed by atoms with E-state index in [0.29, 0.717) is 32.3 Å². The van der Waals surface area contributed by atoms with Gasteiger partial charge in [0.2, 0.25) is 0 Å². The van der Waals surface area contributed by atoms with Gasteiger partial charge in [0.1, 0.15) is 11.8 Å². The molecular formula is C13H19NO4. The molecule has 18 heavy (non-hydrogen) atoms. The average Bonchev–Trinajstić information content (AvgIpc) is 2.33. The number of ether oxygens (including phenoxy) is 1. The zero-order chi connectivity index (χ0) is 13.8. The van der Waals surface area contributed by atoms with E-state index < -0.39 is 12.0 Å². The highest BCUT2D eigenvalue weighted by Gasteiger charge is 2.05. The Kier molecular flexibility index (Phi) is 9.32. The number of carbonyl (C=O) groups is 2. The molecule has 0 aliphatic heterocycles. The van der Waals surface area contributed by atoms with Crippen molar-refractivity contribution in [2.24, 2.45) is 5.73 Å². The minimum absolute atomic E-state index is 0.167. The normalized spacial score (nSPS) is 12.0. The number of aliphatic carboxylic acids is 1. The standard InChI is InChI=1S/C13H19NO4/c1-2-3-4-6-11(15)7-5-9-18-10-8-12(14)13(16)17/h1,8,10,12H,3-7,9,14H2,(H,16,17)/b10-8+. The summed E-state index contributed by atoms with van der Waals surface area (Å²) in [5.74, 6) is 1.54. The summed E-state index contributed by atoms with van der Waals surface area (Å²) in [6, 6.07) is -1.06. The highest BCUT2D eigenvalue weighted by atomic mass is 16.5. The maximum Gasteiger partial charge on any atom is 0.324 e. The van der Waals surface area contributed by atoms with Crippen LogP contribution in [0.3, 0.4) is 0 Å². The van der Waals surface area contributed by atoms with Gasteiger partial charge in [-0.05, 0) is 18.9 Å². The molecule has 0 aliphatic rings. The number of carboxylic acid groups (broad SMARTS) is 1. The second-order valence-corrected chi connectivity index (χ2v) is 3.76. The van der Waals surface area contributed by atoms with E-state index in [2.05, 4.69) is 5.92 Å². The molecule has 0 aromatic heterocycles. The molecule has 0 bridgehead atoms. The molecule has 0 aliphatic carbocycles. The Labute approximate surface area is 107 Å². The van der Waals surface area contributed by atoms with Gasteiger partial charge in [-0.2, -0.15) is 0 Å². The number of carboxylic acids is 1. The highest BCUT2D eigenvalue weighted by molar-refractivity contribution is 5.78.